The summed E-state index contributed by atoms with van der Waals surface area (Å²) in [4.78, 5) is 26.3. The number of hydrogen-bond acceptors (Lipinski definition) is 4. The van der Waals surface area contributed by atoms with E-state index in [1.54, 1.807) is 0 Å². The molecule has 0 radical (unpaired) electrons. The average molecular weight is 366 g/mol. The first-order valence-electron chi connectivity index (χ1n) is 9.42. The summed E-state index contributed by atoms with van der Waals surface area (Å²) in [5.74, 6) is -0.367. The van der Waals surface area contributed by atoms with Crippen molar-refractivity contribution in [1.82, 2.24) is 10.6 Å². The molecule has 1 aliphatic rings. The number of anilines is 2. The zero-order chi connectivity index (χ0) is 18.9. The summed E-state index contributed by atoms with van der Waals surface area (Å²) in [5.41, 5.74) is 3.01. The van der Waals surface area contributed by atoms with Gasteiger partial charge in [0.15, 0.2) is 0 Å². The van der Waals surface area contributed by atoms with Gasteiger partial charge in [-0.1, -0.05) is 42.5 Å². The van der Waals surface area contributed by atoms with E-state index < -0.39 is 6.03 Å². The molecule has 1 aliphatic heterocycles. The van der Waals surface area contributed by atoms with Gasteiger partial charge >= 0.3 is 6.03 Å². The van der Waals surface area contributed by atoms with Crippen LogP contribution in [0.4, 0.5) is 16.2 Å². The SMILES string of the molecule is O=C(CNc1ccccc1N1CCCCC1)NC(=O)NCc1ccccc1. The predicted octanol–water partition coefficient (Wildman–Crippen LogP) is 3.11. The summed E-state index contributed by atoms with van der Waals surface area (Å²) in [7, 11) is 0. The van der Waals surface area contributed by atoms with Gasteiger partial charge in [-0.25, -0.2) is 4.79 Å². The van der Waals surface area contributed by atoms with Gasteiger partial charge in [-0.05, 0) is 37.0 Å². The van der Waals surface area contributed by atoms with E-state index in [1.165, 1.54) is 19.3 Å². The van der Waals surface area contributed by atoms with Crippen molar-refractivity contribution in [3.05, 3.63) is 60.2 Å². The maximum Gasteiger partial charge on any atom is 0.321 e. The fourth-order valence-electron chi connectivity index (χ4n) is 3.20. The Hall–Kier alpha value is -3.02. The Morgan fingerprint density at radius 2 is 1.59 bits per heavy atom. The molecule has 142 valence electrons. The van der Waals surface area contributed by atoms with Crippen LogP contribution in [0.2, 0.25) is 0 Å². The summed E-state index contributed by atoms with van der Waals surface area (Å²) in [6, 6.07) is 17.1. The van der Waals surface area contributed by atoms with Crippen molar-refractivity contribution in [2.24, 2.45) is 0 Å². The predicted molar refractivity (Wildman–Crippen MR) is 108 cm³/mol. The van der Waals surface area contributed by atoms with Crippen LogP contribution in [0, 0.1) is 0 Å². The quantitative estimate of drug-likeness (QED) is 0.734. The van der Waals surface area contributed by atoms with Crippen LogP contribution < -0.4 is 20.9 Å². The highest BCUT2D eigenvalue weighted by Gasteiger charge is 2.15. The molecule has 0 atom stereocenters. The lowest BCUT2D eigenvalue weighted by molar-refractivity contribution is -0.118. The van der Waals surface area contributed by atoms with Crippen molar-refractivity contribution in [2.45, 2.75) is 25.8 Å². The zero-order valence-electron chi connectivity index (χ0n) is 15.4. The number of benzene rings is 2. The fourth-order valence-corrected chi connectivity index (χ4v) is 3.20. The second-order valence-electron chi connectivity index (χ2n) is 6.63. The lowest BCUT2D eigenvalue weighted by Crippen LogP contribution is -2.41. The van der Waals surface area contributed by atoms with Gasteiger partial charge in [0.2, 0.25) is 5.91 Å². The Labute approximate surface area is 159 Å². The smallest absolute Gasteiger partial charge is 0.321 e. The molecule has 27 heavy (non-hydrogen) atoms. The molecule has 2 aromatic carbocycles. The Morgan fingerprint density at radius 1 is 0.889 bits per heavy atom. The second-order valence-corrected chi connectivity index (χ2v) is 6.63. The van der Waals surface area contributed by atoms with Gasteiger partial charge in [0.1, 0.15) is 0 Å². The van der Waals surface area contributed by atoms with E-state index >= 15 is 0 Å². The molecule has 3 N–H and O–H groups in total. The topological polar surface area (TPSA) is 73.5 Å². The van der Waals surface area contributed by atoms with Crippen LogP contribution in [0.15, 0.2) is 54.6 Å². The van der Waals surface area contributed by atoms with Crippen LogP contribution in [-0.4, -0.2) is 31.6 Å². The normalized spacial score (nSPS) is 13.7. The van der Waals surface area contributed by atoms with E-state index in [0.29, 0.717) is 6.54 Å². The Kier molecular flexibility index (Phi) is 6.68. The van der Waals surface area contributed by atoms with Gasteiger partial charge in [0, 0.05) is 19.6 Å². The van der Waals surface area contributed by atoms with Crippen molar-refractivity contribution in [3.63, 3.8) is 0 Å². The van der Waals surface area contributed by atoms with E-state index in [-0.39, 0.29) is 12.5 Å². The lowest BCUT2D eigenvalue weighted by Gasteiger charge is -2.30. The number of nitrogens with one attached hydrogen (secondary N) is 3. The fraction of sp³-hybridized carbons (Fsp3) is 0.333. The first-order chi connectivity index (χ1) is 13.2. The number of nitrogens with zero attached hydrogens (tertiary/aromatic N) is 1. The van der Waals surface area contributed by atoms with Gasteiger partial charge < -0.3 is 15.5 Å². The maximum absolute atomic E-state index is 12.1. The molecule has 6 heteroatoms. The number of urea groups is 1. The minimum Gasteiger partial charge on any atom is -0.374 e. The molecular formula is C21H26N4O2. The van der Waals surface area contributed by atoms with Crippen molar-refractivity contribution >= 4 is 23.3 Å². The largest absolute Gasteiger partial charge is 0.374 e. The number of imide groups is 1. The number of rotatable bonds is 6. The van der Waals surface area contributed by atoms with Crippen LogP contribution in [0.3, 0.4) is 0 Å². The van der Waals surface area contributed by atoms with Crippen molar-refractivity contribution in [1.29, 1.82) is 0 Å². The molecular weight excluding hydrogens is 340 g/mol. The van der Waals surface area contributed by atoms with Crippen LogP contribution in [0.5, 0.6) is 0 Å². The van der Waals surface area contributed by atoms with Gasteiger partial charge in [0.25, 0.3) is 0 Å². The summed E-state index contributed by atoms with van der Waals surface area (Å²) >= 11 is 0. The maximum atomic E-state index is 12.1. The van der Waals surface area contributed by atoms with Crippen LogP contribution >= 0.6 is 0 Å². The Balaban J connectivity index is 1.47. The minimum atomic E-state index is -0.491. The zero-order valence-corrected chi connectivity index (χ0v) is 15.4. The van der Waals surface area contributed by atoms with E-state index in [2.05, 4.69) is 26.9 Å². The van der Waals surface area contributed by atoms with E-state index in [1.807, 2.05) is 48.5 Å². The number of carbonyl (C=O) groups excluding carboxylic acids is 2. The number of para-hydroxylation sites is 2. The molecule has 0 bridgehead atoms. The van der Waals surface area contributed by atoms with Gasteiger partial charge in [0.05, 0.1) is 17.9 Å². The van der Waals surface area contributed by atoms with Gasteiger partial charge in [-0.3, -0.25) is 10.1 Å². The van der Waals surface area contributed by atoms with E-state index in [0.717, 1.165) is 30.0 Å². The number of hydrogen-bond donors (Lipinski definition) is 3. The standard InChI is InChI=1S/C21H26N4O2/c26-20(24-21(27)23-15-17-9-3-1-4-10-17)16-22-18-11-5-6-12-19(18)25-13-7-2-8-14-25/h1,3-6,9-12,22H,2,7-8,13-16H2,(H2,23,24,26,27). The average Bonchev–Trinajstić information content (AvgIpc) is 2.72. The third kappa shape index (κ3) is 5.74. The van der Waals surface area contributed by atoms with Crippen molar-refractivity contribution in [3.8, 4) is 0 Å². The Bertz CT molecular complexity index is 758. The third-order valence-electron chi connectivity index (χ3n) is 4.59. The molecule has 1 fully saturated rings. The summed E-state index contributed by atoms with van der Waals surface area (Å²) in [5, 5.41) is 8.19. The van der Waals surface area contributed by atoms with Crippen LogP contribution in [-0.2, 0) is 11.3 Å². The molecule has 0 spiro atoms. The monoisotopic (exact) mass is 366 g/mol. The molecule has 0 aromatic heterocycles. The lowest BCUT2D eigenvalue weighted by atomic mass is 10.1. The van der Waals surface area contributed by atoms with Crippen molar-refractivity contribution < 1.29 is 9.59 Å². The van der Waals surface area contributed by atoms with Gasteiger partial charge in [-0.15, -0.1) is 0 Å². The molecule has 6 nitrogen and oxygen atoms in total. The number of piperidine rings is 1. The molecule has 0 saturated carbocycles. The number of carbonyl (C=O) groups is 2. The van der Waals surface area contributed by atoms with Gasteiger partial charge in [-0.2, -0.15) is 0 Å². The molecule has 0 unspecified atom stereocenters. The molecule has 1 heterocycles. The summed E-state index contributed by atoms with van der Waals surface area (Å²) in [6.45, 7) is 2.49. The number of amides is 3. The second kappa shape index (κ2) is 9.62. The van der Waals surface area contributed by atoms with Crippen molar-refractivity contribution in [2.75, 3.05) is 29.9 Å². The van der Waals surface area contributed by atoms with E-state index in [9.17, 15) is 9.59 Å². The molecule has 0 aliphatic carbocycles. The Morgan fingerprint density at radius 3 is 2.37 bits per heavy atom. The molecule has 1 saturated heterocycles. The highest BCUT2D eigenvalue weighted by Crippen LogP contribution is 2.27. The first-order valence-corrected chi connectivity index (χ1v) is 9.42. The highest BCUT2D eigenvalue weighted by molar-refractivity contribution is 5.96. The molecule has 2 aromatic rings. The van der Waals surface area contributed by atoms with Crippen LogP contribution in [0.1, 0.15) is 24.8 Å². The minimum absolute atomic E-state index is 0.0452. The summed E-state index contributed by atoms with van der Waals surface area (Å²) < 4.78 is 0. The molecule has 3 rings (SSSR count). The first kappa shape index (κ1) is 18.8. The van der Waals surface area contributed by atoms with Crippen LogP contribution in [0.25, 0.3) is 0 Å². The van der Waals surface area contributed by atoms with E-state index in [4.69, 9.17) is 0 Å². The molecule has 3 amide bonds. The summed E-state index contributed by atoms with van der Waals surface area (Å²) in [6.07, 6.45) is 3.65. The third-order valence-corrected chi connectivity index (χ3v) is 4.59. The highest BCUT2D eigenvalue weighted by atomic mass is 16.2.